The second-order valence-corrected chi connectivity index (χ2v) is 3.30. The van der Waals surface area contributed by atoms with Crippen LogP contribution in [0.3, 0.4) is 0 Å². The molecular weight excluding hydrogens is 126 g/mol. The van der Waals surface area contributed by atoms with Crippen molar-refractivity contribution in [1.82, 2.24) is 15.0 Å². The fourth-order valence-corrected chi connectivity index (χ4v) is 0.607. The van der Waals surface area contributed by atoms with Crippen LogP contribution >= 0.6 is 0 Å². The summed E-state index contributed by atoms with van der Waals surface area (Å²) in [4.78, 5) is 0. The Labute approximate surface area is 65.3 Å². The normalized spacial score (nSPS) is 17.7. The maximum atomic E-state index is 7.08. The number of nitrogens with zero attached hydrogens (tertiary/aromatic N) is 3. The predicted octanol–water partition coefficient (Wildman–Crippen LogP) is 1.11. The minimum Gasteiger partial charge on any atom is -0.255 e. The van der Waals surface area contributed by atoms with Gasteiger partial charge in [-0.2, -0.15) is 0 Å². The van der Waals surface area contributed by atoms with Gasteiger partial charge in [-0.05, 0) is 0 Å². The van der Waals surface area contributed by atoms with E-state index in [1.165, 1.54) is 6.20 Å². The highest BCUT2D eigenvalue weighted by atomic mass is 15.4. The summed E-state index contributed by atoms with van der Waals surface area (Å²) in [5, 5.41) is 7.36. The van der Waals surface area contributed by atoms with Crippen molar-refractivity contribution in [2.24, 2.45) is 6.98 Å². The lowest BCUT2D eigenvalue weighted by atomic mass is 9.93. The fraction of sp³-hybridized carbons (Fsp3) is 0.714. The van der Waals surface area contributed by atoms with Gasteiger partial charge >= 0.3 is 0 Å². The summed E-state index contributed by atoms with van der Waals surface area (Å²) in [6.45, 7) is 3.65. The molecule has 0 fully saturated rings. The molecule has 0 spiro atoms. The van der Waals surface area contributed by atoms with Crippen molar-refractivity contribution in [2.45, 2.75) is 26.2 Å². The van der Waals surface area contributed by atoms with Crippen LogP contribution in [0.2, 0.25) is 0 Å². The van der Waals surface area contributed by atoms with Gasteiger partial charge in [0, 0.05) is 22.7 Å². The highest BCUT2D eigenvalue weighted by Gasteiger charge is 2.16. The summed E-state index contributed by atoms with van der Waals surface area (Å²) in [5.74, 6) is 0. The van der Waals surface area contributed by atoms with Crippen LogP contribution in [0.4, 0.5) is 0 Å². The lowest BCUT2D eigenvalue weighted by Crippen LogP contribution is -2.11. The molecule has 1 aromatic heterocycles. The number of aryl methyl sites for hydroxylation is 1. The third kappa shape index (κ3) is 1.35. The van der Waals surface area contributed by atoms with Gasteiger partial charge in [-0.1, -0.05) is 26.0 Å². The van der Waals surface area contributed by atoms with E-state index in [1.54, 1.807) is 0 Å². The highest BCUT2D eigenvalue weighted by molar-refractivity contribution is 5.05. The monoisotopic (exact) mass is 142 g/mol. The van der Waals surface area contributed by atoms with Crippen molar-refractivity contribution >= 4 is 0 Å². The van der Waals surface area contributed by atoms with Gasteiger partial charge in [0.2, 0.25) is 0 Å². The van der Waals surface area contributed by atoms with Gasteiger partial charge < -0.3 is 0 Å². The Hall–Kier alpha value is -0.860. The predicted molar refractivity (Wildman–Crippen MR) is 39.7 cm³/mol. The Morgan fingerprint density at radius 3 is 2.60 bits per heavy atom. The molecule has 0 N–H and O–H groups in total. The lowest BCUT2D eigenvalue weighted by molar-refractivity contribution is 0.566. The third-order valence-corrected chi connectivity index (χ3v) is 1.26. The van der Waals surface area contributed by atoms with E-state index in [0.717, 1.165) is 4.68 Å². The first-order valence-electron chi connectivity index (χ1n) is 4.64. The molecule has 10 heavy (non-hydrogen) atoms. The molecule has 1 heterocycles. The standard InChI is InChI=1S/C7H13N3/c1-7(2,3)6-5-10(4)9-8-6/h5H,1-4H3/i4D3. The molecule has 0 atom stereocenters. The zero-order chi connectivity index (χ0) is 10.3. The third-order valence-electron chi connectivity index (χ3n) is 1.26. The van der Waals surface area contributed by atoms with E-state index in [0.29, 0.717) is 5.69 Å². The highest BCUT2D eigenvalue weighted by Crippen LogP contribution is 2.17. The van der Waals surface area contributed by atoms with Crippen LogP contribution in [-0.2, 0) is 12.4 Å². The Morgan fingerprint density at radius 2 is 2.30 bits per heavy atom. The molecule has 0 aliphatic rings. The summed E-state index contributed by atoms with van der Waals surface area (Å²) in [6.07, 6.45) is 1.47. The smallest absolute Gasteiger partial charge is 0.0880 e. The first-order valence-corrected chi connectivity index (χ1v) is 3.14. The lowest BCUT2D eigenvalue weighted by Gasteiger charge is -2.12. The van der Waals surface area contributed by atoms with Crippen molar-refractivity contribution in [3.8, 4) is 0 Å². The molecule has 0 radical (unpaired) electrons. The molecule has 0 amide bonds. The number of aromatic nitrogens is 3. The van der Waals surface area contributed by atoms with E-state index < -0.39 is 6.98 Å². The van der Waals surface area contributed by atoms with Gasteiger partial charge in [0.05, 0.1) is 5.69 Å². The van der Waals surface area contributed by atoms with Crippen LogP contribution in [-0.4, -0.2) is 15.0 Å². The van der Waals surface area contributed by atoms with Gasteiger partial charge in [0.15, 0.2) is 0 Å². The minimum absolute atomic E-state index is 0.163. The van der Waals surface area contributed by atoms with Gasteiger partial charge in [0.1, 0.15) is 0 Å². The second-order valence-electron chi connectivity index (χ2n) is 3.30. The quantitative estimate of drug-likeness (QED) is 0.543. The Bertz CT molecular complexity index is 266. The summed E-state index contributed by atoms with van der Waals surface area (Å²) in [7, 11) is 0. The maximum Gasteiger partial charge on any atom is 0.0880 e. The molecule has 56 valence electrons. The van der Waals surface area contributed by atoms with Crippen LogP contribution in [0, 0.1) is 0 Å². The van der Waals surface area contributed by atoms with Crippen molar-refractivity contribution < 1.29 is 4.11 Å². The fourth-order valence-electron chi connectivity index (χ4n) is 0.607. The Balaban J connectivity index is 3.01. The summed E-state index contributed by atoms with van der Waals surface area (Å²) in [6, 6.07) is 0. The molecule has 1 rings (SSSR count). The van der Waals surface area contributed by atoms with Crippen molar-refractivity contribution in [3.63, 3.8) is 0 Å². The molecule has 0 saturated carbocycles. The topological polar surface area (TPSA) is 30.7 Å². The zero-order valence-electron chi connectivity index (χ0n) is 9.42. The van der Waals surface area contributed by atoms with E-state index in [1.807, 2.05) is 20.8 Å². The largest absolute Gasteiger partial charge is 0.255 e. The summed E-state index contributed by atoms with van der Waals surface area (Å²) in [5.41, 5.74) is 0.521. The average Bonchev–Trinajstić information content (AvgIpc) is 2.28. The minimum atomic E-state index is -2.23. The number of hydrogen-bond acceptors (Lipinski definition) is 2. The van der Waals surface area contributed by atoms with Gasteiger partial charge in [0.25, 0.3) is 0 Å². The van der Waals surface area contributed by atoms with Gasteiger partial charge in [-0.3, -0.25) is 4.68 Å². The second kappa shape index (κ2) is 2.08. The Kier molecular flexibility index (Phi) is 0.853. The molecular formula is C7H13N3. The van der Waals surface area contributed by atoms with Crippen LogP contribution in [0.15, 0.2) is 6.20 Å². The van der Waals surface area contributed by atoms with Crippen LogP contribution in [0.5, 0.6) is 0 Å². The van der Waals surface area contributed by atoms with E-state index in [4.69, 9.17) is 4.11 Å². The van der Waals surface area contributed by atoms with E-state index in [2.05, 4.69) is 10.3 Å². The van der Waals surface area contributed by atoms with E-state index in [9.17, 15) is 0 Å². The van der Waals surface area contributed by atoms with Gasteiger partial charge in [-0.25, -0.2) is 0 Å². The first kappa shape index (κ1) is 4.11. The molecule has 0 aliphatic carbocycles. The Morgan fingerprint density at radius 1 is 1.60 bits per heavy atom. The van der Waals surface area contributed by atoms with Crippen LogP contribution in [0.1, 0.15) is 30.6 Å². The van der Waals surface area contributed by atoms with E-state index >= 15 is 0 Å². The number of rotatable bonds is 0. The summed E-state index contributed by atoms with van der Waals surface area (Å²) < 4.78 is 22.2. The van der Waals surface area contributed by atoms with Crippen LogP contribution < -0.4 is 0 Å². The number of hydrogen-bond donors (Lipinski definition) is 0. The SMILES string of the molecule is [2H]C([2H])([2H])n1cc(C(C)(C)C)nn1. The van der Waals surface area contributed by atoms with Crippen molar-refractivity contribution in [3.05, 3.63) is 11.9 Å². The molecule has 1 aromatic rings. The summed E-state index contributed by atoms with van der Waals surface area (Å²) >= 11 is 0. The molecule has 3 heteroatoms. The van der Waals surface area contributed by atoms with Crippen molar-refractivity contribution in [2.75, 3.05) is 0 Å². The molecule has 0 unspecified atom stereocenters. The molecule has 0 aromatic carbocycles. The molecule has 0 bridgehead atoms. The van der Waals surface area contributed by atoms with Gasteiger partial charge in [-0.15, -0.1) is 5.10 Å². The molecule has 0 aliphatic heterocycles. The maximum absolute atomic E-state index is 7.08. The molecule has 0 saturated heterocycles. The zero-order valence-corrected chi connectivity index (χ0v) is 6.42. The van der Waals surface area contributed by atoms with Crippen LogP contribution in [0.25, 0.3) is 0 Å². The average molecular weight is 142 g/mol. The first-order chi connectivity index (χ1) is 5.71. The van der Waals surface area contributed by atoms with Crippen molar-refractivity contribution in [1.29, 1.82) is 0 Å². The molecule has 3 nitrogen and oxygen atoms in total. The van der Waals surface area contributed by atoms with E-state index in [-0.39, 0.29) is 5.41 Å².